The molecular weight excluding hydrogens is 406 g/mol. The molecule has 3 heterocycles. The third kappa shape index (κ3) is 4.55. The van der Waals surface area contributed by atoms with Gasteiger partial charge in [-0.2, -0.15) is 0 Å². The van der Waals surface area contributed by atoms with Crippen LogP contribution in [0.4, 0.5) is 0 Å². The Morgan fingerprint density at radius 3 is 1.97 bits per heavy atom. The topological polar surface area (TPSA) is 93.9 Å². The number of rotatable bonds is 8. The summed E-state index contributed by atoms with van der Waals surface area (Å²) in [5.74, 6) is 0.720. The van der Waals surface area contributed by atoms with Gasteiger partial charge in [0.2, 0.25) is 0 Å². The van der Waals surface area contributed by atoms with E-state index in [-0.39, 0.29) is 35.3 Å². The number of furan rings is 3. The maximum absolute atomic E-state index is 13.0. The number of hydrogen-bond donors (Lipinski definition) is 0. The van der Waals surface area contributed by atoms with Gasteiger partial charge in [-0.05, 0) is 48.5 Å². The Hall–Kier alpha value is -3.52. The molecule has 0 radical (unpaired) electrons. The van der Waals surface area contributed by atoms with Crippen molar-refractivity contribution in [2.24, 2.45) is 0 Å². The van der Waals surface area contributed by atoms with Gasteiger partial charge in [0.15, 0.2) is 15.6 Å². The minimum absolute atomic E-state index is 0.0476. The molecule has 8 heteroatoms. The summed E-state index contributed by atoms with van der Waals surface area (Å²) in [5.41, 5.74) is 0. The molecule has 4 rings (SSSR count). The monoisotopic (exact) mass is 425 g/mol. The number of carbonyl (C=O) groups excluding carboxylic acids is 1. The minimum atomic E-state index is -3.58. The lowest BCUT2D eigenvalue weighted by molar-refractivity contribution is 0.0671. The zero-order valence-corrected chi connectivity index (χ0v) is 16.7. The number of carbonyl (C=O) groups is 1. The fourth-order valence-electron chi connectivity index (χ4n) is 3.01. The Labute approximate surface area is 173 Å². The van der Waals surface area contributed by atoms with Crippen LogP contribution in [0.5, 0.6) is 0 Å². The molecule has 0 N–H and O–H groups in total. The summed E-state index contributed by atoms with van der Waals surface area (Å²) in [5, 5.41) is 0. The Bertz CT molecular complexity index is 1160. The zero-order chi connectivity index (χ0) is 21.0. The van der Waals surface area contributed by atoms with Crippen LogP contribution in [0, 0.1) is 0 Å². The maximum atomic E-state index is 13.0. The van der Waals surface area contributed by atoms with Gasteiger partial charge in [0, 0.05) is 0 Å². The van der Waals surface area contributed by atoms with Gasteiger partial charge >= 0.3 is 0 Å². The molecule has 30 heavy (non-hydrogen) atoms. The largest absolute Gasteiger partial charge is 0.467 e. The van der Waals surface area contributed by atoms with Crippen LogP contribution in [-0.2, 0) is 28.7 Å². The van der Waals surface area contributed by atoms with E-state index in [4.69, 9.17) is 13.3 Å². The van der Waals surface area contributed by atoms with Crippen molar-refractivity contribution in [3.63, 3.8) is 0 Å². The molecule has 0 aliphatic carbocycles. The molecule has 3 aromatic heterocycles. The summed E-state index contributed by atoms with van der Waals surface area (Å²) in [4.78, 5) is 14.8. The van der Waals surface area contributed by atoms with E-state index in [1.807, 2.05) is 0 Å². The first-order valence-corrected chi connectivity index (χ1v) is 10.9. The molecule has 0 fully saturated rings. The molecule has 0 unspecified atom stereocenters. The third-order valence-electron chi connectivity index (χ3n) is 4.45. The van der Waals surface area contributed by atoms with Gasteiger partial charge in [-0.3, -0.25) is 4.79 Å². The number of hydrogen-bond acceptors (Lipinski definition) is 6. The molecular formula is C22H19NO6S. The number of benzene rings is 1. The second kappa shape index (κ2) is 8.46. The number of amides is 1. The molecule has 0 spiro atoms. The standard InChI is InChI=1S/C22H19NO6S/c24-22(23(14-17-6-4-12-27-17)15-18-7-5-13-28-18)21-11-10-19(29-21)16-30(25,26)20-8-2-1-3-9-20/h1-13H,14-16H2. The quantitative estimate of drug-likeness (QED) is 0.418. The minimum Gasteiger partial charge on any atom is -0.467 e. The highest BCUT2D eigenvalue weighted by Gasteiger charge is 2.24. The predicted octanol–water partition coefficient (Wildman–Crippen LogP) is 4.28. The van der Waals surface area contributed by atoms with E-state index in [0.29, 0.717) is 11.5 Å². The zero-order valence-electron chi connectivity index (χ0n) is 15.9. The first-order chi connectivity index (χ1) is 14.5. The van der Waals surface area contributed by atoms with Crippen LogP contribution in [-0.4, -0.2) is 19.2 Å². The lowest BCUT2D eigenvalue weighted by atomic mass is 10.3. The highest BCUT2D eigenvalue weighted by atomic mass is 32.2. The summed E-state index contributed by atoms with van der Waals surface area (Å²) in [6, 6.07) is 18.1. The highest BCUT2D eigenvalue weighted by molar-refractivity contribution is 7.90. The van der Waals surface area contributed by atoms with E-state index in [1.54, 1.807) is 42.5 Å². The molecule has 0 atom stereocenters. The lowest BCUT2D eigenvalue weighted by Gasteiger charge is -2.19. The predicted molar refractivity (Wildman–Crippen MR) is 107 cm³/mol. The fraction of sp³-hybridized carbons (Fsp3) is 0.136. The fourth-order valence-corrected chi connectivity index (χ4v) is 4.27. The van der Waals surface area contributed by atoms with E-state index < -0.39 is 15.7 Å². The van der Waals surface area contributed by atoms with Crippen molar-refractivity contribution in [1.82, 2.24) is 4.90 Å². The van der Waals surface area contributed by atoms with E-state index in [2.05, 4.69) is 0 Å². The summed E-state index contributed by atoms with van der Waals surface area (Å²) >= 11 is 0. The van der Waals surface area contributed by atoms with Crippen LogP contribution in [0.15, 0.2) is 97.4 Å². The van der Waals surface area contributed by atoms with Crippen LogP contribution in [0.25, 0.3) is 0 Å². The molecule has 0 bridgehead atoms. The molecule has 4 aromatic rings. The van der Waals surface area contributed by atoms with E-state index in [1.165, 1.54) is 41.7 Å². The SMILES string of the molecule is O=C(c1ccc(CS(=O)(=O)c2ccccc2)o1)N(Cc1ccco1)Cc1ccco1. The van der Waals surface area contributed by atoms with Gasteiger partial charge in [0.1, 0.15) is 23.0 Å². The van der Waals surface area contributed by atoms with Gasteiger partial charge in [-0.25, -0.2) is 8.42 Å². The Kier molecular flexibility index (Phi) is 5.58. The average Bonchev–Trinajstić information content (AvgIpc) is 3.51. The van der Waals surface area contributed by atoms with Gasteiger partial charge < -0.3 is 18.2 Å². The van der Waals surface area contributed by atoms with E-state index in [0.717, 1.165) is 0 Å². The molecule has 1 aromatic carbocycles. The summed E-state index contributed by atoms with van der Waals surface area (Å²) in [6.07, 6.45) is 3.06. The van der Waals surface area contributed by atoms with Crippen molar-refractivity contribution < 1.29 is 26.5 Å². The summed E-state index contributed by atoms with van der Waals surface area (Å²) in [7, 11) is -3.58. The Balaban J connectivity index is 1.53. The van der Waals surface area contributed by atoms with E-state index >= 15 is 0 Å². The van der Waals surface area contributed by atoms with Crippen molar-refractivity contribution in [2.45, 2.75) is 23.7 Å². The Morgan fingerprint density at radius 2 is 1.40 bits per heavy atom. The summed E-state index contributed by atoms with van der Waals surface area (Å²) in [6.45, 7) is 0.426. The molecule has 7 nitrogen and oxygen atoms in total. The van der Waals surface area contributed by atoms with E-state index in [9.17, 15) is 13.2 Å². The number of nitrogens with zero attached hydrogens (tertiary/aromatic N) is 1. The van der Waals surface area contributed by atoms with Crippen molar-refractivity contribution in [1.29, 1.82) is 0 Å². The van der Waals surface area contributed by atoms with Crippen LogP contribution in [0.3, 0.4) is 0 Å². The van der Waals surface area contributed by atoms with Gasteiger partial charge in [0.25, 0.3) is 5.91 Å². The van der Waals surface area contributed by atoms with Crippen molar-refractivity contribution in [2.75, 3.05) is 0 Å². The van der Waals surface area contributed by atoms with Gasteiger partial charge in [-0.1, -0.05) is 18.2 Å². The molecule has 0 saturated carbocycles. The lowest BCUT2D eigenvalue weighted by Crippen LogP contribution is -2.29. The molecule has 154 valence electrons. The molecule has 0 saturated heterocycles. The maximum Gasteiger partial charge on any atom is 0.290 e. The van der Waals surface area contributed by atoms with Crippen LogP contribution >= 0.6 is 0 Å². The number of sulfone groups is 1. The second-order valence-electron chi connectivity index (χ2n) is 6.66. The molecule has 0 aliphatic heterocycles. The van der Waals surface area contributed by atoms with Gasteiger partial charge in [-0.15, -0.1) is 0 Å². The first-order valence-electron chi connectivity index (χ1n) is 9.22. The third-order valence-corrected chi connectivity index (χ3v) is 6.10. The van der Waals surface area contributed by atoms with Crippen molar-refractivity contribution in [3.8, 4) is 0 Å². The van der Waals surface area contributed by atoms with Crippen molar-refractivity contribution in [3.05, 3.63) is 102 Å². The van der Waals surface area contributed by atoms with Crippen LogP contribution < -0.4 is 0 Å². The normalized spacial score (nSPS) is 11.5. The smallest absolute Gasteiger partial charge is 0.290 e. The summed E-state index contributed by atoms with van der Waals surface area (Å²) < 4.78 is 41.4. The molecule has 1 amide bonds. The second-order valence-corrected chi connectivity index (χ2v) is 8.65. The van der Waals surface area contributed by atoms with Gasteiger partial charge in [0.05, 0.1) is 30.5 Å². The van der Waals surface area contributed by atoms with Crippen LogP contribution in [0.1, 0.15) is 27.8 Å². The Morgan fingerprint density at radius 1 is 0.767 bits per heavy atom. The van der Waals surface area contributed by atoms with Crippen molar-refractivity contribution >= 4 is 15.7 Å². The average molecular weight is 425 g/mol. The first kappa shape index (κ1) is 19.8. The highest BCUT2D eigenvalue weighted by Crippen LogP contribution is 2.20. The molecule has 0 aliphatic rings. The van der Waals surface area contributed by atoms with Crippen LogP contribution in [0.2, 0.25) is 0 Å².